The van der Waals surface area contributed by atoms with Crippen molar-refractivity contribution in [1.29, 1.82) is 0 Å². The average molecular weight is 198 g/mol. The molecule has 0 radical (unpaired) electrons. The summed E-state index contributed by atoms with van der Waals surface area (Å²) in [4.78, 5) is 9.25. The molecule has 0 aromatic carbocycles. The molecule has 0 aliphatic rings. The summed E-state index contributed by atoms with van der Waals surface area (Å²) in [5.41, 5.74) is 0. The fourth-order valence-corrected chi connectivity index (χ4v) is 0.731. The molecule has 0 heterocycles. The molecule has 0 aliphatic heterocycles. The van der Waals surface area contributed by atoms with Crippen LogP contribution >= 0.6 is 0 Å². The Morgan fingerprint density at radius 3 is 2.00 bits per heavy atom. The van der Waals surface area contributed by atoms with Crippen LogP contribution in [0.2, 0.25) is 0 Å². The number of rotatable bonds is 3. The lowest BCUT2D eigenvalue weighted by Crippen LogP contribution is -1.94. The van der Waals surface area contributed by atoms with Crippen molar-refractivity contribution in [3.05, 3.63) is 12.7 Å². The summed E-state index contributed by atoms with van der Waals surface area (Å²) in [5, 5.41) is 7.60. The topological polar surface area (TPSA) is 71.4 Å². The predicted octanol–water partition coefficient (Wildman–Crippen LogP) is 0.953. The molecule has 0 rings (SSSR count). The van der Waals surface area contributed by atoms with E-state index < -0.39 is 16.2 Å². The fourth-order valence-electron chi connectivity index (χ4n) is 0.244. The van der Waals surface area contributed by atoms with Gasteiger partial charge in [-0.05, 0) is 6.42 Å². The molecule has 72 valence electrons. The molecule has 0 saturated heterocycles. The molecule has 0 fully saturated rings. The summed E-state index contributed by atoms with van der Waals surface area (Å²) in [6.07, 6.45) is 1.18. The van der Waals surface area contributed by atoms with Crippen molar-refractivity contribution in [2.75, 3.05) is 5.75 Å². The van der Waals surface area contributed by atoms with Gasteiger partial charge in [0.2, 0.25) is 0 Å². The van der Waals surface area contributed by atoms with Gasteiger partial charge in [-0.3, -0.25) is 0 Å². The molecule has 12 heavy (non-hydrogen) atoms. The van der Waals surface area contributed by atoms with E-state index in [2.05, 4.69) is 6.58 Å². The number of hydrogen-bond acceptors (Lipinski definition) is 3. The van der Waals surface area contributed by atoms with Gasteiger partial charge in [-0.2, -0.15) is 8.42 Å². The van der Waals surface area contributed by atoms with Gasteiger partial charge in [-0.25, -0.2) is 4.79 Å². The Labute approximate surface area is 70.9 Å². The van der Waals surface area contributed by atoms with Crippen LogP contribution in [0.3, 0.4) is 0 Å². The monoisotopic (exact) mass is 198 g/mol. The van der Waals surface area contributed by atoms with Crippen LogP contribution in [0.4, 0.5) is 3.89 Å². The first kappa shape index (κ1) is 13.7. The molecule has 1 N–H and O–H groups in total. The van der Waals surface area contributed by atoms with Gasteiger partial charge in [0, 0.05) is 6.08 Å². The van der Waals surface area contributed by atoms with E-state index >= 15 is 0 Å². The number of halogens is 1. The molecule has 0 spiro atoms. The highest BCUT2D eigenvalue weighted by molar-refractivity contribution is 7.86. The molecular weight excluding hydrogens is 187 g/mol. The van der Waals surface area contributed by atoms with Gasteiger partial charge in [0.1, 0.15) is 0 Å². The van der Waals surface area contributed by atoms with E-state index in [-0.39, 0.29) is 5.75 Å². The zero-order chi connectivity index (χ0) is 10.2. The molecule has 0 saturated carbocycles. The minimum absolute atomic E-state index is 0.346. The van der Waals surface area contributed by atoms with E-state index in [1.807, 2.05) is 0 Å². The zero-order valence-corrected chi connectivity index (χ0v) is 7.47. The maximum atomic E-state index is 11.4. The maximum absolute atomic E-state index is 11.4. The lowest BCUT2D eigenvalue weighted by Gasteiger charge is -1.82. The van der Waals surface area contributed by atoms with Crippen LogP contribution in [-0.4, -0.2) is 25.2 Å². The van der Waals surface area contributed by atoms with Gasteiger partial charge in [0.25, 0.3) is 0 Å². The summed E-state index contributed by atoms with van der Waals surface area (Å²) in [5.74, 6) is -1.34. The Morgan fingerprint density at radius 2 is 2.00 bits per heavy atom. The van der Waals surface area contributed by atoms with Gasteiger partial charge < -0.3 is 5.11 Å². The second-order valence-electron chi connectivity index (χ2n) is 1.79. The molecular formula is C6H11FO4S. The Morgan fingerprint density at radius 1 is 1.67 bits per heavy atom. The summed E-state index contributed by atoms with van der Waals surface area (Å²) in [7, 11) is -4.17. The van der Waals surface area contributed by atoms with E-state index in [9.17, 15) is 17.1 Å². The quantitative estimate of drug-likeness (QED) is 0.541. The summed E-state index contributed by atoms with van der Waals surface area (Å²) < 4.78 is 30.5. The SMILES string of the molecule is C=CC(=O)O.CCCS(=O)(=O)F. The third-order valence-corrected chi connectivity index (χ3v) is 1.52. The molecule has 0 aromatic rings. The summed E-state index contributed by atoms with van der Waals surface area (Å²) in [6, 6.07) is 0. The van der Waals surface area contributed by atoms with E-state index in [1.54, 1.807) is 6.92 Å². The van der Waals surface area contributed by atoms with E-state index in [1.165, 1.54) is 0 Å². The van der Waals surface area contributed by atoms with Crippen LogP contribution in [0.5, 0.6) is 0 Å². The lowest BCUT2D eigenvalue weighted by molar-refractivity contribution is -0.131. The summed E-state index contributed by atoms with van der Waals surface area (Å²) >= 11 is 0. The van der Waals surface area contributed by atoms with Crippen molar-refractivity contribution in [1.82, 2.24) is 0 Å². The van der Waals surface area contributed by atoms with Crippen molar-refractivity contribution in [3.63, 3.8) is 0 Å². The van der Waals surface area contributed by atoms with E-state index in [0.29, 0.717) is 6.42 Å². The minimum atomic E-state index is -4.17. The third kappa shape index (κ3) is 23.0. The molecule has 6 heteroatoms. The predicted molar refractivity (Wildman–Crippen MR) is 43.0 cm³/mol. The number of hydrogen-bond donors (Lipinski definition) is 1. The standard InChI is InChI=1S/C3H7FO2S.C3H4O2/c1-2-3-7(4,5)6;1-2-3(4)5/h2-3H2,1H3;2H,1H2,(H,4,5). The number of carbonyl (C=O) groups is 1. The van der Waals surface area contributed by atoms with Gasteiger partial charge in [-0.15, -0.1) is 3.89 Å². The second-order valence-corrected chi connectivity index (χ2v) is 3.27. The lowest BCUT2D eigenvalue weighted by atomic mass is 10.6. The van der Waals surface area contributed by atoms with Gasteiger partial charge in [0.15, 0.2) is 0 Å². The van der Waals surface area contributed by atoms with Crippen LogP contribution in [0.1, 0.15) is 13.3 Å². The highest BCUT2D eigenvalue weighted by Gasteiger charge is 2.01. The van der Waals surface area contributed by atoms with Crippen LogP contribution in [0.25, 0.3) is 0 Å². The normalized spacial score (nSPS) is 9.50. The van der Waals surface area contributed by atoms with E-state index in [4.69, 9.17) is 5.11 Å². The molecule has 0 aliphatic carbocycles. The first-order chi connectivity index (χ1) is 5.33. The Hall–Kier alpha value is -0.910. The van der Waals surface area contributed by atoms with Crippen molar-refractivity contribution >= 4 is 16.2 Å². The maximum Gasteiger partial charge on any atom is 0.327 e. The Kier molecular flexibility index (Phi) is 7.72. The molecule has 4 nitrogen and oxygen atoms in total. The Bertz CT molecular complexity index is 232. The van der Waals surface area contributed by atoms with Crippen molar-refractivity contribution in [2.24, 2.45) is 0 Å². The molecule has 0 bridgehead atoms. The van der Waals surface area contributed by atoms with Crippen molar-refractivity contribution in [2.45, 2.75) is 13.3 Å². The highest BCUT2D eigenvalue weighted by Crippen LogP contribution is 1.91. The van der Waals surface area contributed by atoms with Gasteiger partial charge >= 0.3 is 16.2 Å². The third-order valence-electron chi connectivity index (χ3n) is 0.623. The van der Waals surface area contributed by atoms with Crippen LogP contribution in [-0.2, 0) is 15.0 Å². The van der Waals surface area contributed by atoms with Crippen LogP contribution < -0.4 is 0 Å². The van der Waals surface area contributed by atoms with Crippen molar-refractivity contribution in [3.8, 4) is 0 Å². The number of carboxylic acid groups (broad SMARTS) is 1. The minimum Gasteiger partial charge on any atom is -0.478 e. The fraction of sp³-hybridized carbons (Fsp3) is 0.500. The molecule has 0 unspecified atom stereocenters. The smallest absolute Gasteiger partial charge is 0.327 e. The average Bonchev–Trinajstić information content (AvgIpc) is 1.86. The zero-order valence-electron chi connectivity index (χ0n) is 6.66. The summed E-state index contributed by atoms with van der Waals surface area (Å²) in [6.45, 7) is 4.57. The molecule has 0 atom stereocenters. The van der Waals surface area contributed by atoms with Crippen LogP contribution in [0.15, 0.2) is 12.7 Å². The van der Waals surface area contributed by atoms with Crippen molar-refractivity contribution < 1.29 is 22.2 Å². The highest BCUT2D eigenvalue weighted by atomic mass is 32.3. The largest absolute Gasteiger partial charge is 0.478 e. The second kappa shape index (κ2) is 6.78. The van der Waals surface area contributed by atoms with Gasteiger partial charge in [-0.1, -0.05) is 13.5 Å². The molecule has 0 aromatic heterocycles. The first-order valence-electron chi connectivity index (χ1n) is 3.11. The van der Waals surface area contributed by atoms with E-state index in [0.717, 1.165) is 6.08 Å². The Balaban J connectivity index is 0. The molecule has 0 amide bonds. The van der Waals surface area contributed by atoms with Gasteiger partial charge in [0.05, 0.1) is 5.75 Å². The first-order valence-corrected chi connectivity index (χ1v) is 4.66. The van der Waals surface area contributed by atoms with Crippen LogP contribution in [0, 0.1) is 0 Å². The number of aliphatic carboxylic acids is 1. The number of carboxylic acids is 1.